The molecule has 19 heavy (non-hydrogen) atoms. The Morgan fingerprint density at radius 3 is 3.11 bits per heavy atom. The average molecular weight is 279 g/mol. The second-order valence-electron chi connectivity index (χ2n) is 3.86. The molecule has 2 heterocycles. The number of halogens is 1. The number of rotatable bonds is 1. The highest BCUT2D eigenvalue weighted by Crippen LogP contribution is 2.35. The Hall–Kier alpha value is -2.41. The molecule has 0 atom stereocenters. The van der Waals surface area contributed by atoms with Crippen molar-refractivity contribution in [3.8, 4) is 11.6 Å². The molecule has 2 aromatic rings. The maximum Gasteiger partial charge on any atom is 0.270 e. The maximum absolute atomic E-state index is 10.7. The van der Waals surface area contributed by atoms with Crippen molar-refractivity contribution in [1.82, 2.24) is 9.97 Å². The smallest absolute Gasteiger partial charge is 0.270 e. The summed E-state index contributed by atoms with van der Waals surface area (Å²) in [7, 11) is 0. The molecule has 0 fully saturated rings. The van der Waals surface area contributed by atoms with Gasteiger partial charge in [0.2, 0.25) is 11.2 Å². The number of fused-ring (bicyclic) bond motifs is 2. The Morgan fingerprint density at radius 2 is 2.32 bits per heavy atom. The first-order valence-corrected chi connectivity index (χ1v) is 5.73. The summed E-state index contributed by atoms with van der Waals surface area (Å²) in [6.45, 7) is 0.384. The minimum Gasteiger partial charge on any atom is -0.437 e. The maximum atomic E-state index is 10.7. The van der Waals surface area contributed by atoms with Crippen molar-refractivity contribution in [2.24, 2.45) is 0 Å². The summed E-state index contributed by atoms with van der Waals surface area (Å²) >= 11 is 5.70. The molecule has 1 aliphatic rings. The van der Waals surface area contributed by atoms with Gasteiger partial charge in [0.1, 0.15) is 11.4 Å². The van der Waals surface area contributed by atoms with E-state index in [2.05, 4.69) is 15.3 Å². The van der Waals surface area contributed by atoms with E-state index in [-0.39, 0.29) is 11.0 Å². The fourth-order valence-electron chi connectivity index (χ4n) is 1.76. The molecule has 0 radical (unpaired) electrons. The molecule has 8 heteroatoms. The first-order chi connectivity index (χ1) is 9.13. The third-order valence-electron chi connectivity index (χ3n) is 2.66. The predicted molar refractivity (Wildman–Crippen MR) is 67.5 cm³/mol. The first-order valence-electron chi connectivity index (χ1n) is 5.35. The van der Waals surface area contributed by atoms with E-state index >= 15 is 0 Å². The van der Waals surface area contributed by atoms with Gasteiger partial charge in [-0.3, -0.25) is 10.1 Å². The second kappa shape index (κ2) is 4.36. The molecule has 0 aliphatic carbocycles. The van der Waals surface area contributed by atoms with Gasteiger partial charge in [0.25, 0.3) is 5.69 Å². The molecule has 0 spiro atoms. The number of hydrogen-bond donors (Lipinski definition) is 1. The van der Waals surface area contributed by atoms with Gasteiger partial charge in [0.05, 0.1) is 11.1 Å². The van der Waals surface area contributed by atoms with E-state index in [0.717, 1.165) is 0 Å². The van der Waals surface area contributed by atoms with Crippen LogP contribution in [0.2, 0.25) is 5.28 Å². The van der Waals surface area contributed by atoms with Gasteiger partial charge in [-0.25, -0.2) is 4.98 Å². The topological polar surface area (TPSA) is 90.2 Å². The molecular formula is C11H7ClN4O3. The molecule has 0 saturated heterocycles. The lowest BCUT2D eigenvalue weighted by Gasteiger charge is -2.06. The zero-order valence-electron chi connectivity index (χ0n) is 9.46. The molecule has 96 valence electrons. The summed E-state index contributed by atoms with van der Waals surface area (Å²) in [5, 5.41) is 13.9. The van der Waals surface area contributed by atoms with Crippen LogP contribution >= 0.6 is 11.6 Å². The highest BCUT2D eigenvalue weighted by Gasteiger charge is 2.19. The highest BCUT2D eigenvalue weighted by atomic mass is 35.5. The van der Waals surface area contributed by atoms with E-state index in [1.54, 1.807) is 6.07 Å². The Labute approximate surface area is 112 Å². The van der Waals surface area contributed by atoms with Gasteiger partial charge in [-0.1, -0.05) is 0 Å². The molecular weight excluding hydrogens is 272 g/mol. The number of nitrogens with one attached hydrogen (secondary N) is 1. The fraction of sp³-hybridized carbons (Fsp3) is 0.0909. The lowest BCUT2D eigenvalue weighted by Crippen LogP contribution is -1.99. The quantitative estimate of drug-likeness (QED) is 0.490. The molecule has 1 N–H and O–H groups in total. The van der Waals surface area contributed by atoms with Crippen LogP contribution < -0.4 is 10.1 Å². The number of nitrogens with zero attached hydrogens (tertiary/aromatic N) is 3. The SMILES string of the molecule is O=[N+]([O-])c1ccc2c(c1)CNc1cnc(Cl)nc1O2. The van der Waals surface area contributed by atoms with Gasteiger partial charge < -0.3 is 10.1 Å². The third-order valence-corrected chi connectivity index (χ3v) is 2.84. The van der Waals surface area contributed by atoms with Crippen LogP contribution in [0.1, 0.15) is 5.56 Å². The Morgan fingerprint density at radius 1 is 1.47 bits per heavy atom. The van der Waals surface area contributed by atoms with Crippen molar-refractivity contribution >= 4 is 23.0 Å². The van der Waals surface area contributed by atoms with Gasteiger partial charge in [-0.05, 0) is 17.7 Å². The van der Waals surface area contributed by atoms with Crippen molar-refractivity contribution in [2.45, 2.75) is 6.54 Å². The van der Waals surface area contributed by atoms with Gasteiger partial charge in [-0.2, -0.15) is 4.98 Å². The van der Waals surface area contributed by atoms with E-state index < -0.39 is 4.92 Å². The molecule has 0 amide bonds. The third kappa shape index (κ3) is 2.15. The predicted octanol–water partition coefficient (Wildman–Crippen LogP) is 2.76. The summed E-state index contributed by atoms with van der Waals surface area (Å²) in [6.07, 6.45) is 1.50. The van der Waals surface area contributed by atoms with Gasteiger partial charge in [0.15, 0.2) is 0 Å². The summed E-state index contributed by atoms with van der Waals surface area (Å²) in [5.41, 5.74) is 1.27. The summed E-state index contributed by atoms with van der Waals surface area (Å²) in [4.78, 5) is 18.1. The summed E-state index contributed by atoms with van der Waals surface area (Å²) in [6, 6.07) is 4.39. The van der Waals surface area contributed by atoms with Gasteiger partial charge in [-0.15, -0.1) is 0 Å². The van der Waals surface area contributed by atoms with Crippen LogP contribution in [0.4, 0.5) is 11.4 Å². The number of non-ortho nitro benzene ring substituents is 1. The van der Waals surface area contributed by atoms with Crippen LogP contribution in [0.5, 0.6) is 11.6 Å². The second-order valence-corrected chi connectivity index (χ2v) is 4.20. The van der Waals surface area contributed by atoms with Crippen molar-refractivity contribution in [1.29, 1.82) is 0 Å². The zero-order valence-corrected chi connectivity index (χ0v) is 10.2. The van der Waals surface area contributed by atoms with Crippen LogP contribution in [0.25, 0.3) is 0 Å². The number of hydrogen-bond acceptors (Lipinski definition) is 6. The minimum atomic E-state index is -0.449. The zero-order chi connectivity index (χ0) is 13.4. The van der Waals surface area contributed by atoms with Crippen molar-refractivity contribution < 1.29 is 9.66 Å². The van der Waals surface area contributed by atoms with Crippen molar-refractivity contribution in [3.63, 3.8) is 0 Å². The molecule has 3 rings (SSSR count). The van der Waals surface area contributed by atoms with Crippen molar-refractivity contribution in [3.05, 3.63) is 45.4 Å². The molecule has 0 bridgehead atoms. The molecule has 1 aromatic heterocycles. The molecule has 1 aliphatic heterocycles. The fourth-order valence-corrected chi connectivity index (χ4v) is 1.88. The normalized spacial score (nSPS) is 12.5. The van der Waals surface area contributed by atoms with Crippen LogP contribution in [-0.2, 0) is 6.54 Å². The standard InChI is InChI=1S/C11H7ClN4O3/c12-11-14-5-8-10(15-11)19-9-2-1-7(16(17)18)3-6(9)4-13-8/h1-3,5,13H,4H2. The largest absolute Gasteiger partial charge is 0.437 e. The minimum absolute atomic E-state index is 0.0132. The lowest BCUT2D eigenvalue weighted by molar-refractivity contribution is -0.384. The highest BCUT2D eigenvalue weighted by molar-refractivity contribution is 6.28. The van der Waals surface area contributed by atoms with Crippen LogP contribution in [-0.4, -0.2) is 14.9 Å². The van der Waals surface area contributed by atoms with Crippen molar-refractivity contribution in [2.75, 3.05) is 5.32 Å². The van der Waals surface area contributed by atoms with E-state index in [9.17, 15) is 10.1 Å². The monoisotopic (exact) mass is 278 g/mol. The van der Waals surface area contributed by atoms with Crippen LogP contribution in [0, 0.1) is 10.1 Å². The number of benzene rings is 1. The van der Waals surface area contributed by atoms with Crippen LogP contribution in [0.3, 0.4) is 0 Å². The lowest BCUT2D eigenvalue weighted by atomic mass is 10.2. The molecule has 0 unspecified atom stereocenters. The number of ether oxygens (including phenoxy) is 1. The van der Waals surface area contributed by atoms with E-state index in [1.807, 2.05) is 0 Å². The molecule has 0 saturated carbocycles. The van der Waals surface area contributed by atoms with Gasteiger partial charge in [0, 0.05) is 24.2 Å². The number of nitro benzene ring substituents is 1. The Bertz CT molecular complexity index is 677. The number of aromatic nitrogens is 2. The van der Waals surface area contributed by atoms with Crippen LogP contribution in [0.15, 0.2) is 24.4 Å². The Balaban J connectivity index is 2.04. The number of anilines is 1. The average Bonchev–Trinajstić information content (AvgIpc) is 2.56. The van der Waals surface area contributed by atoms with E-state index in [0.29, 0.717) is 29.4 Å². The van der Waals surface area contributed by atoms with E-state index in [1.165, 1.54) is 18.3 Å². The summed E-state index contributed by atoms with van der Waals surface area (Å²) < 4.78 is 5.60. The summed E-state index contributed by atoms with van der Waals surface area (Å²) in [5.74, 6) is 0.805. The van der Waals surface area contributed by atoms with Gasteiger partial charge >= 0.3 is 0 Å². The first kappa shape index (κ1) is 11.7. The Kier molecular flexibility index (Phi) is 2.68. The molecule has 7 nitrogen and oxygen atoms in total. The number of nitro groups is 1. The van der Waals surface area contributed by atoms with E-state index in [4.69, 9.17) is 16.3 Å². The molecule has 1 aromatic carbocycles.